The molecule has 4 heteroatoms. The van der Waals surface area contributed by atoms with Crippen molar-refractivity contribution in [1.29, 1.82) is 0 Å². The summed E-state index contributed by atoms with van der Waals surface area (Å²) in [6.45, 7) is -1.41. The van der Waals surface area contributed by atoms with Crippen LogP contribution in [-0.2, 0) is 6.42 Å². The van der Waals surface area contributed by atoms with Crippen LogP contribution in [0.1, 0.15) is 56.1 Å². The Morgan fingerprint density at radius 1 is 1.18 bits per heavy atom. The van der Waals surface area contributed by atoms with Crippen molar-refractivity contribution in [2.45, 2.75) is 64.1 Å². The lowest BCUT2D eigenvalue weighted by Gasteiger charge is -2.33. The highest BCUT2D eigenvalue weighted by molar-refractivity contribution is 5.27. The Bertz CT molecular complexity index is 418. The molecule has 1 nitrogen and oxygen atoms in total. The molecule has 0 amide bonds. The third-order valence-corrected chi connectivity index (χ3v) is 4.34. The number of nitrogens with zero attached hydrogens (tertiary/aromatic N) is 1. The highest BCUT2D eigenvalue weighted by atomic mass is 19.4. The molecule has 1 aliphatic carbocycles. The van der Waals surface area contributed by atoms with Gasteiger partial charge in [-0.05, 0) is 56.8 Å². The summed E-state index contributed by atoms with van der Waals surface area (Å²) < 4.78 is 29.0. The van der Waals surface area contributed by atoms with E-state index in [1.807, 2.05) is 0 Å². The highest BCUT2D eigenvalue weighted by Crippen LogP contribution is 2.34. The summed E-state index contributed by atoms with van der Waals surface area (Å²) >= 11 is 0. The van der Waals surface area contributed by atoms with E-state index >= 15 is 0 Å². The molecule has 1 aromatic carbocycles. The van der Waals surface area contributed by atoms with E-state index in [2.05, 4.69) is 50.2 Å². The van der Waals surface area contributed by atoms with Crippen LogP contribution >= 0.6 is 0 Å². The summed E-state index contributed by atoms with van der Waals surface area (Å²) in [6.07, 6.45) is 7.93. The Labute approximate surface area is 132 Å². The van der Waals surface area contributed by atoms with Crippen molar-refractivity contribution in [2.75, 3.05) is 14.1 Å². The van der Waals surface area contributed by atoms with Gasteiger partial charge in [-0.15, -0.1) is 0 Å². The van der Waals surface area contributed by atoms with Gasteiger partial charge in [-0.25, -0.2) is 0 Å². The van der Waals surface area contributed by atoms with Crippen LogP contribution in [0.2, 0.25) is 0 Å². The molecule has 0 spiro atoms. The molecule has 0 radical (unpaired) electrons. The Kier molecular flexibility index (Phi) is 8.54. The average Bonchev–Trinajstić information content (AvgIpc) is 2.47. The van der Waals surface area contributed by atoms with Crippen molar-refractivity contribution in [3.05, 3.63) is 35.4 Å². The maximum atomic E-state index is 9.67. The van der Waals surface area contributed by atoms with Crippen molar-refractivity contribution in [2.24, 2.45) is 0 Å². The Morgan fingerprint density at radius 2 is 1.86 bits per heavy atom. The standard InChI is InChI=1S/C17H27N.CHF3/c1-4-7-14-8-5-9-15(12-14)16-10-6-11-17(13-16)18(2)3;2-1(3)4/h5,8-9,12,16-17H,4,6-7,10-11,13H2,1-3H3;1H. The minimum absolute atomic E-state index is 0.776. The summed E-state index contributed by atoms with van der Waals surface area (Å²) in [5.41, 5.74) is 3.09. The van der Waals surface area contributed by atoms with E-state index < -0.39 is 6.68 Å². The van der Waals surface area contributed by atoms with Crippen molar-refractivity contribution >= 4 is 0 Å². The first-order valence-corrected chi connectivity index (χ1v) is 8.11. The smallest absolute Gasteiger partial charge is 0.306 e. The summed E-state index contributed by atoms with van der Waals surface area (Å²) in [6, 6.07) is 10.1. The predicted molar refractivity (Wildman–Crippen MR) is 86.2 cm³/mol. The van der Waals surface area contributed by atoms with Crippen LogP contribution in [0.3, 0.4) is 0 Å². The van der Waals surface area contributed by atoms with Crippen LogP contribution in [0.5, 0.6) is 0 Å². The van der Waals surface area contributed by atoms with Gasteiger partial charge in [-0.2, -0.15) is 13.2 Å². The Hall–Kier alpha value is -1.03. The Morgan fingerprint density at radius 3 is 2.45 bits per heavy atom. The number of benzene rings is 1. The monoisotopic (exact) mass is 315 g/mol. The third kappa shape index (κ3) is 6.82. The van der Waals surface area contributed by atoms with Crippen LogP contribution in [0.25, 0.3) is 0 Å². The molecule has 1 aromatic rings. The lowest BCUT2D eigenvalue weighted by molar-refractivity contribution is 0.00819. The van der Waals surface area contributed by atoms with Crippen molar-refractivity contribution in [3.8, 4) is 0 Å². The topological polar surface area (TPSA) is 3.24 Å². The molecule has 2 atom stereocenters. The quantitative estimate of drug-likeness (QED) is 0.718. The minimum atomic E-state index is -3.67. The fraction of sp³-hybridized carbons (Fsp3) is 0.667. The maximum absolute atomic E-state index is 9.67. The molecule has 1 aliphatic rings. The summed E-state index contributed by atoms with van der Waals surface area (Å²) in [5, 5.41) is 0. The first-order chi connectivity index (χ1) is 10.4. The second-order valence-corrected chi connectivity index (χ2v) is 6.22. The summed E-state index contributed by atoms with van der Waals surface area (Å²) in [5.74, 6) is 0.781. The molecule has 2 unspecified atom stereocenters. The zero-order chi connectivity index (χ0) is 16.5. The second-order valence-electron chi connectivity index (χ2n) is 6.22. The molecule has 0 heterocycles. The van der Waals surface area contributed by atoms with Gasteiger partial charge >= 0.3 is 6.68 Å². The number of hydrogen-bond acceptors (Lipinski definition) is 1. The number of hydrogen-bond donors (Lipinski definition) is 0. The van der Waals surface area contributed by atoms with Gasteiger partial charge in [0.2, 0.25) is 0 Å². The molecule has 126 valence electrons. The number of aryl methyl sites for hydroxylation is 1. The molecule has 0 N–H and O–H groups in total. The third-order valence-electron chi connectivity index (χ3n) is 4.34. The van der Waals surface area contributed by atoms with Gasteiger partial charge in [0.15, 0.2) is 0 Å². The predicted octanol–water partition coefficient (Wildman–Crippen LogP) is 5.41. The molecule has 0 bridgehead atoms. The first-order valence-electron chi connectivity index (χ1n) is 8.11. The molecule has 0 aliphatic heterocycles. The van der Waals surface area contributed by atoms with Crippen molar-refractivity contribution in [1.82, 2.24) is 4.90 Å². The highest BCUT2D eigenvalue weighted by Gasteiger charge is 2.24. The van der Waals surface area contributed by atoms with Gasteiger partial charge < -0.3 is 4.90 Å². The zero-order valence-electron chi connectivity index (χ0n) is 13.9. The average molecular weight is 315 g/mol. The molecular formula is C18H28F3N. The number of halogens is 3. The van der Waals surface area contributed by atoms with Gasteiger partial charge in [-0.3, -0.25) is 0 Å². The maximum Gasteiger partial charge on any atom is 0.379 e. The molecule has 1 saturated carbocycles. The van der Waals surface area contributed by atoms with E-state index in [1.54, 1.807) is 5.56 Å². The molecule has 2 rings (SSSR count). The van der Waals surface area contributed by atoms with E-state index in [9.17, 15) is 13.2 Å². The van der Waals surface area contributed by atoms with Crippen molar-refractivity contribution in [3.63, 3.8) is 0 Å². The summed E-state index contributed by atoms with van der Waals surface area (Å²) in [7, 11) is 4.45. The van der Waals surface area contributed by atoms with Gasteiger partial charge in [0, 0.05) is 6.04 Å². The second kappa shape index (κ2) is 9.88. The molecule has 0 aromatic heterocycles. The van der Waals surface area contributed by atoms with E-state index in [0.717, 1.165) is 12.0 Å². The fourth-order valence-corrected chi connectivity index (χ4v) is 3.23. The first kappa shape index (κ1) is 19.0. The van der Waals surface area contributed by atoms with Crippen LogP contribution in [0.15, 0.2) is 24.3 Å². The molecule has 22 heavy (non-hydrogen) atoms. The number of rotatable bonds is 4. The largest absolute Gasteiger partial charge is 0.379 e. The van der Waals surface area contributed by atoms with E-state index in [-0.39, 0.29) is 0 Å². The van der Waals surface area contributed by atoms with Gasteiger partial charge in [0.1, 0.15) is 0 Å². The van der Waals surface area contributed by atoms with Gasteiger partial charge in [0.05, 0.1) is 0 Å². The van der Waals surface area contributed by atoms with E-state index in [1.165, 1.54) is 44.1 Å². The van der Waals surface area contributed by atoms with Crippen LogP contribution in [0.4, 0.5) is 13.2 Å². The van der Waals surface area contributed by atoms with Gasteiger partial charge in [-0.1, -0.05) is 44.0 Å². The van der Waals surface area contributed by atoms with E-state index in [4.69, 9.17) is 0 Å². The SMILES string of the molecule is CCCc1cccc(C2CCCC(N(C)C)C2)c1.FC(F)F. The zero-order valence-corrected chi connectivity index (χ0v) is 13.9. The normalized spacial score (nSPS) is 21.6. The lowest BCUT2D eigenvalue weighted by Crippen LogP contribution is -2.32. The Balaban J connectivity index is 0.000000541. The minimum Gasteiger partial charge on any atom is -0.306 e. The summed E-state index contributed by atoms with van der Waals surface area (Å²) in [4.78, 5) is 2.40. The van der Waals surface area contributed by atoms with Crippen LogP contribution in [0, 0.1) is 0 Å². The van der Waals surface area contributed by atoms with Gasteiger partial charge in [0.25, 0.3) is 0 Å². The number of alkyl halides is 3. The van der Waals surface area contributed by atoms with Crippen molar-refractivity contribution < 1.29 is 13.2 Å². The van der Waals surface area contributed by atoms with Crippen LogP contribution in [-0.4, -0.2) is 31.7 Å². The van der Waals surface area contributed by atoms with Crippen LogP contribution < -0.4 is 0 Å². The molecule has 0 saturated heterocycles. The molecule has 1 fully saturated rings. The fourth-order valence-electron chi connectivity index (χ4n) is 3.23. The van der Waals surface area contributed by atoms with E-state index in [0.29, 0.717) is 0 Å². The lowest BCUT2D eigenvalue weighted by atomic mass is 9.80. The molecular weight excluding hydrogens is 287 g/mol.